The molecular weight excluding hydrogens is 531 g/mol. The molecular formula is C25H23ClF3N3O4S. The summed E-state index contributed by atoms with van der Waals surface area (Å²) in [7, 11) is 0. The molecule has 0 spiro atoms. The zero-order chi connectivity index (χ0) is 26.6. The normalized spacial score (nSPS) is 23.2. The number of alkyl halides is 3. The van der Waals surface area contributed by atoms with Crippen LogP contribution in [0.2, 0.25) is 5.02 Å². The summed E-state index contributed by atoms with van der Waals surface area (Å²) in [6, 6.07) is 9.84. The zero-order valence-electron chi connectivity index (χ0n) is 19.5. The van der Waals surface area contributed by atoms with Gasteiger partial charge in [-0.3, -0.25) is 9.80 Å². The predicted octanol–water partition coefficient (Wildman–Crippen LogP) is 4.32. The van der Waals surface area contributed by atoms with Crippen molar-refractivity contribution >= 4 is 29.3 Å². The third kappa shape index (κ3) is 4.28. The number of carbonyl (C=O) groups is 1. The third-order valence-corrected chi connectivity index (χ3v) is 8.31. The van der Waals surface area contributed by atoms with Crippen LogP contribution in [0.25, 0.3) is 0 Å². The number of hydrogen-bond donors (Lipinski definition) is 3. The van der Waals surface area contributed by atoms with E-state index in [0.29, 0.717) is 21.2 Å². The lowest BCUT2D eigenvalue weighted by atomic mass is 9.93. The van der Waals surface area contributed by atoms with E-state index in [1.165, 1.54) is 16.2 Å². The van der Waals surface area contributed by atoms with Gasteiger partial charge in [-0.2, -0.15) is 18.2 Å². The summed E-state index contributed by atoms with van der Waals surface area (Å²) in [4.78, 5) is 14.9. The number of aliphatic hydroxyl groups excluding tert-OH is 3. The zero-order valence-corrected chi connectivity index (χ0v) is 21.1. The second-order valence-electron chi connectivity index (χ2n) is 8.96. The molecule has 7 nitrogen and oxygen atoms in total. The van der Waals surface area contributed by atoms with Crippen LogP contribution in [0.5, 0.6) is 0 Å². The molecule has 1 amide bonds. The minimum Gasteiger partial charge on any atom is -0.507 e. The Kier molecular flexibility index (Phi) is 6.70. The molecule has 3 aliphatic heterocycles. The molecule has 0 saturated carbocycles. The number of hydrogen-bond acceptors (Lipinski definition) is 7. The van der Waals surface area contributed by atoms with Gasteiger partial charge in [0.1, 0.15) is 12.1 Å². The van der Waals surface area contributed by atoms with Gasteiger partial charge in [-0.15, -0.1) is 11.8 Å². The highest BCUT2D eigenvalue weighted by atomic mass is 35.5. The Bertz CT molecular complexity index is 1320. The van der Waals surface area contributed by atoms with Gasteiger partial charge in [-0.05, 0) is 35.7 Å². The molecule has 2 aromatic carbocycles. The minimum atomic E-state index is -4.74. The average molecular weight is 554 g/mol. The number of rotatable bonds is 3. The van der Waals surface area contributed by atoms with Crippen molar-refractivity contribution < 1.29 is 33.3 Å². The number of thioether (sulfide) groups is 1. The molecule has 3 heterocycles. The first-order valence-electron chi connectivity index (χ1n) is 11.4. The highest BCUT2D eigenvalue weighted by Crippen LogP contribution is 2.48. The van der Waals surface area contributed by atoms with E-state index < -0.39 is 55.0 Å². The summed E-state index contributed by atoms with van der Waals surface area (Å²) in [5.41, 5.74) is 1.72. The lowest BCUT2D eigenvalue weighted by Crippen LogP contribution is -2.63. The van der Waals surface area contributed by atoms with E-state index >= 15 is 0 Å². The van der Waals surface area contributed by atoms with Crippen LogP contribution in [0.3, 0.4) is 0 Å². The van der Waals surface area contributed by atoms with Gasteiger partial charge in [0.25, 0.3) is 5.91 Å². The minimum absolute atomic E-state index is 0.0213. The number of hydrazine groups is 1. The van der Waals surface area contributed by atoms with Gasteiger partial charge in [-0.25, -0.2) is 0 Å². The van der Waals surface area contributed by atoms with Crippen LogP contribution in [0, 0.1) is 0 Å². The van der Waals surface area contributed by atoms with Crippen LogP contribution >= 0.6 is 23.4 Å². The summed E-state index contributed by atoms with van der Waals surface area (Å²) in [5.74, 6) is -1.37. The molecule has 0 radical (unpaired) electrons. The van der Waals surface area contributed by atoms with Crippen molar-refractivity contribution in [2.45, 2.75) is 41.9 Å². The van der Waals surface area contributed by atoms with Crippen LogP contribution in [0.1, 0.15) is 29.7 Å². The lowest BCUT2D eigenvalue weighted by Gasteiger charge is -2.51. The molecule has 1 fully saturated rings. The largest absolute Gasteiger partial charge is 0.507 e. The van der Waals surface area contributed by atoms with Crippen molar-refractivity contribution in [3.05, 3.63) is 87.4 Å². The number of aliphatic hydroxyl groups is 3. The maximum Gasteiger partial charge on any atom is 0.408 e. The topological polar surface area (TPSA) is 87.5 Å². The summed E-state index contributed by atoms with van der Waals surface area (Å²) in [5, 5.41) is 34.2. The first-order valence-corrected chi connectivity index (χ1v) is 12.8. The Balaban J connectivity index is 1.77. The number of halogens is 4. The Labute approximate surface area is 220 Å². The first kappa shape index (κ1) is 25.9. The van der Waals surface area contributed by atoms with Gasteiger partial charge < -0.3 is 20.2 Å². The highest BCUT2D eigenvalue weighted by Gasteiger charge is 2.51. The second-order valence-corrected chi connectivity index (χ2v) is 10.4. The fourth-order valence-electron chi connectivity index (χ4n) is 4.83. The third-order valence-electron chi connectivity index (χ3n) is 6.84. The van der Waals surface area contributed by atoms with E-state index in [0.717, 1.165) is 22.9 Å². The summed E-state index contributed by atoms with van der Waals surface area (Å²) in [6.07, 6.45) is -5.20. The van der Waals surface area contributed by atoms with Crippen molar-refractivity contribution in [1.29, 1.82) is 0 Å². The monoisotopic (exact) mass is 553 g/mol. The maximum atomic E-state index is 13.9. The first-order chi connectivity index (χ1) is 17.5. The molecule has 3 aliphatic rings. The number of nitrogens with zero attached hydrogens (tertiary/aromatic N) is 3. The van der Waals surface area contributed by atoms with Gasteiger partial charge in [0, 0.05) is 27.4 Å². The van der Waals surface area contributed by atoms with Crippen LogP contribution in [0.4, 0.5) is 13.2 Å². The van der Waals surface area contributed by atoms with Crippen molar-refractivity contribution in [3.63, 3.8) is 0 Å². The van der Waals surface area contributed by atoms with Gasteiger partial charge >= 0.3 is 6.18 Å². The summed E-state index contributed by atoms with van der Waals surface area (Å²) >= 11 is 8.26. The molecule has 0 aromatic heterocycles. The molecule has 5 rings (SSSR count). The highest BCUT2D eigenvalue weighted by molar-refractivity contribution is 7.98. The molecule has 2 unspecified atom stereocenters. The average Bonchev–Trinajstić information content (AvgIpc) is 3.03. The van der Waals surface area contributed by atoms with Gasteiger partial charge in [-0.1, -0.05) is 41.9 Å². The Hall–Kier alpha value is -2.70. The van der Waals surface area contributed by atoms with Crippen LogP contribution in [-0.2, 0) is 10.5 Å². The molecule has 2 aromatic rings. The maximum absolute atomic E-state index is 13.9. The molecule has 196 valence electrons. The number of amides is 1. The Morgan fingerprint density at radius 3 is 2.62 bits per heavy atom. The quantitative estimate of drug-likeness (QED) is 0.522. The van der Waals surface area contributed by atoms with E-state index in [-0.39, 0.29) is 5.57 Å². The fourth-order valence-corrected chi connectivity index (χ4v) is 6.21. The standard InChI is InChI=1S/C25H23ClF3N3O4S/c1-13(25(27,28)29)30-12-32(31-9-15(10-33)22(34)23(35)21(31)24(30)36)20-16-6-2-3-8-18(16)37-11-14-5-4-7-17(26)19(14)20/h2-9,13,20,22,33-35H,10-12H2,1H3/t13-,20?,22?/m1/s1. The van der Waals surface area contributed by atoms with Crippen LogP contribution < -0.4 is 0 Å². The van der Waals surface area contributed by atoms with Crippen molar-refractivity contribution in [3.8, 4) is 0 Å². The number of benzene rings is 2. The van der Waals surface area contributed by atoms with E-state index in [2.05, 4.69) is 0 Å². The Morgan fingerprint density at radius 2 is 1.92 bits per heavy atom. The van der Waals surface area contributed by atoms with E-state index in [1.54, 1.807) is 23.9 Å². The van der Waals surface area contributed by atoms with Gasteiger partial charge in [0.05, 0.1) is 19.3 Å². The van der Waals surface area contributed by atoms with E-state index in [9.17, 15) is 33.3 Å². The molecule has 37 heavy (non-hydrogen) atoms. The predicted molar refractivity (Wildman–Crippen MR) is 131 cm³/mol. The molecule has 0 aliphatic carbocycles. The smallest absolute Gasteiger partial charge is 0.408 e. The molecule has 3 atom stereocenters. The molecule has 0 bridgehead atoms. The SMILES string of the molecule is C[C@@H](N1CN(C2c3ccccc3SCc3cccc(Cl)c32)N2C=C(CO)C(O)C(O)=C2C1=O)C(F)(F)F. The van der Waals surface area contributed by atoms with Crippen molar-refractivity contribution in [1.82, 2.24) is 14.9 Å². The van der Waals surface area contributed by atoms with Crippen LogP contribution in [-0.4, -0.2) is 67.7 Å². The molecule has 12 heteroatoms. The number of fused-ring (bicyclic) bond motifs is 3. The second kappa shape index (κ2) is 9.55. The Morgan fingerprint density at radius 1 is 1.19 bits per heavy atom. The summed E-state index contributed by atoms with van der Waals surface area (Å²) < 4.78 is 41.6. The van der Waals surface area contributed by atoms with Gasteiger partial charge in [0.2, 0.25) is 0 Å². The summed E-state index contributed by atoms with van der Waals surface area (Å²) in [6.45, 7) is -0.278. The molecule has 1 saturated heterocycles. The van der Waals surface area contributed by atoms with E-state index in [1.807, 2.05) is 30.3 Å². The lowest BCUT2D eigenvalue weighted by molar-refractivity contribution is -0.204. The molecule has 3 N–H and O–H groups in total. The van der Waals surface area contributed by atoms with E-state index in [4.69, 9.17) is 11.6 Å². The van der Waals surface area contributed by atoms with Crippen molar-refractivity contribution in [2.75, 3.05) is 13.3 Å². The van der Waals surface area contributed by atoms with Gasteiger partial charge in [0.15, 0.2) is 11.5 Å². The van der Waals surface area contributed by atoms with Crippen LogP contribution in [0.15, 0.2) is 70.6 Å². The fraction of sp³-hybridized carbons (Fsp3) is 0.320. The van der Waals surface area contributed by atoms with Crippen molar-refractivity contribution in [2.24, 2.45) is 0 Å². The number of carbonyl (C=O) groups excluding carboxylic acids is 1.